The van der Waals surface area contributed by atoms with Gasteiger partial charge in [0.2, 0.25) is 5.91 Å². The molecular formula is C10H18N2O. The Morgan fingerprint density at radius 2 is 2.23 bits per heavy atom. The first-order chi connectivity index (χ1) is 6.31. The second-order valence-corrected chi connectivity index (χ2v) is 2.80. The first-order valence-electron chi connectivity index (χ1n) is 4.74. The average Bonchev–Trinajstić information content (AvgIpc) is 2.13. The lowest BCUT2D eigenvalue weighted by molar-refractivity contribution is -0.121. The van der Waals surface area contributed by atoms with Gasteiger partial charge < -0.3 is 0 Å². The van der Waals surface area contributed by atoms with E-state index in [1.54, 1.807) is 12.3 Å². The Morgan fingerprint density at radius 3 is 2.85 bits per heavy atom. The Morgan fingerprint density at radius 1 is 1.46 bits per heavy atom. The first-order valence-corrected chi connectivity index (χ1v) is 4.74. The van der Waals surface area contributed by atoms with Crippen molar-refractivity contribution in [1.82, 2.24) is 5.43 Å². The van der Waals surface area contributed by atoms with Crippen molar-refractivity contribution < 1.29 is 4.79 Å². The number of carbonyl (C=O) groups excluding carboxylic acids is 1. The molecule has 0 bridgehead atoms. The quantitative estimate of drug-likeness (QED) is 0.382. The molecule has 0 fully saturated rings. The highest BCUT2D eigenvalue weighted by molar-refractivity contribution is 5.78. The molecule has 1 amide bonds. The largest absolute Gasteiger partial charge is 0.273 e. The molecule has 0 unspecified atom stereocenters. The molecule has 0 aliphatic heterocycles. The zero-order valence-electron chi connectivity index (χ0n) is 8.42. The number of nitrogens with one attached hydrogen (secondary N) is 1. The van der Waals surface area contributed by atoms with Crippen molar-refractivity contribution in [3.63, 3.8) is 0 Å². The van der Waals surface area contributed by atoms with E-state index >= 15 is 0 Å². The van der Waals surface area contributed by atoms with Gasteiger partial charge >= 0.3 is 0 Å². The van der Waals surface area contributed by atoms with E-state index in [1.165, 1.54) is 0 Å². The predicted octanol–water partition coefficient (Wildman–Crippen LogP) is 2.24. The van der Waals surface area contributed by atoms with Gasteiger partial charge in [-0.2, -0.15) is 5.10 Å². The minimum absolute atomic E-state index is 0.00537. The van der Waals surface area contributed by atoms with Gasteiger partial charge in [0, 0.05) is 12.6 Å². The number of hydrazone groups is 1. The molecule has 0 aromatic carbocycles. The van der Waals surface area contributed by atoms with Crippen molar-refractivity contribution in [2.24, 2.45) is 5.10 Å². The van der Waals surface area contributed by atoms with Crippen molar-refractivity contribution in [3.8, 4) is 0 Å². The summed E-state index contributed by atoms with van der Waals surface area (Å²) in [6.45, 7) is 4.01. The molecule has 0 rings (SSSR count). The monoisotopic (exact) mass is 182 g/mol. The highest BCUT2D eigenvalue weighted by atomic mass is 16.2. The van der Waals surface area contributed by atoms with Gasteiger partial charge in [-0.15, -0.1) is 0 Å². The van der Waals surface area contributed by atoms with Crippen molar-refractivity contribution in [2.75, 3.05) is 0 Å². The Hall–Kier alpha value is -1.12. The molecule has 3 nitrogen and oxygen atoms in total. The molecular weight excluding hydrogens is 164 g/mol. The number of carbonyl (C=O) groups is 1. The van der Waals surface area contributed by atoms with Gasteiger partial charge in [0.1, 0.15) is 0 Å². The molecule has 0 radical (unpaired) electrons. The number of unbranched alkanes of at least 4 members (excludes halogenated alkanes) is 2. The lowest BCUT2D eigenvalue weighted by Crippen LogP contribution is -2.16. The van der Waals surface area contributed by atoms with Gasteiger partial charge in [0.05, 0.1) is 0 Å². The van der Waals surface area contributed by atoms with Crippen LogP contribution in [0.2, 0.25) is 0 Å². The van der Waals surface area contributed by atoms with Crippen LogP contribution in [0.4, 0.5) is 0 Å². The third-order valence-electron chi connectivity index (χ3n) is 1.55. The number of allylic oxidation sites excluding steroid dienone is 2. The number of nitrogens with zero attached hydrogens (tertiary/aromatic N) is 1. The fraction of sp³-hybridized carbons (Fsp3) is 0.600. The maximum atomic E-state index is 11.0. The highest BCUT2D eigenvalue weighted by Crippen LogP contribution is 1.97. The van der Waals surface area contributed by atoms with Crippen LogP contribution in [0, 0.1) is 0 Å². The van der Waals surface area contributed by atoms with E-state index in [0.717, 1.165) is 19.3 Å². The van der Waals surface area contributed by atoms with E-state index in [2.05, 4.69) is 17.5 Å². The van der Waals surface area contributed by atoms with Crippen LogP contribution in [0.5, 0.6) is 0 Å². The third-order valence-corrected chi connectivity index (χ3v) is 1.55. The number of amides is 1. The maximum Gasteiger partial charge on any atom is 0.240 e. The number of hydrogen-bond acceptors (Lipinski definition) is 2. The van der Waals surface area contributed by atoms with Crippen molar-refractivity contribution in [1.29, 1.82) is 0 Å². The molecule has 0 aromatic rings. The van der Waals surface area contributed by atoms with Crippen molar-refractivity contribution in [3.05, 3.63) is 12.2 Å². The topological polar surface area (TPSA) is 41.5 Å². The van der Waals surface area contributed by atoms with Crippen LogP contribution < -0.4 is 5.43 Å². The van der Waals surface area contributed by atoms with E-state index in [-0.39, 0.29) is 5.91 Å². The summed E-state index contributed by atoms with van der Waals surface area (Å²) in [6.07, 6.45) is 8.94. The smallest absolute Gasteiger partial charge is 0.240 e. The molecule has 13 heavy (non-hydrogen) atoms. The van der Waals surface area contributed by atoms with Gasteiger partial charge in [-0.25, -0.2) is 5.43 Å². The predicted molar refractivity (Wildman–Crippen MR) is 55.6 cm³/mol. The van der Waals surface area contributed by atoms with E-state index in [4.69, 9.17) is 0 Å². The Labute approximate surface area is 79.9 Å². The van der Waals surface area contributed by atoms with Gasteiger partial charge in [0.15, 0.2) is 0 Å². The molecule has 0 atom stereocenters. The fourth-order valence-corrected chi connectivity index (χ4v) is 0.830. The summed E-state index contributed by atoms with van der Waals surface area (Å²) in [5.74, 6) is -0.00537. The molecule has 0 saturated heterocycles. The summed E-state index contributed by atoms with van der Waals surface area (Å²) in [5.41, 5.74) is 2.46. The maximum absolute atomic E-state index is 11.0. The summed E-state index contributed by atoms with van der Waals surface area (Å²) in [7, 11) is 0. The van der Waals surface area contributed by atoms with Crippen LogP contribution in [0.1, 0.15) is 39.5 Å². The lowest BCUT2D eigenvalue weighted by atomic mass is 10.2. The molecule has 0 heterocycles. The van der Waals surface area contributed by atoms with Gasteiger partial charge in [0.25, 0.3) is 0 Å². The molecule has 1 N–H and O–H groups in total. The standard InChI is InChI=1S/C10H18N2O/c1-3-5-7-8-10(13)12-11-9-6-4-2/h4,6,9H,3,5,7-8H2,1-2H3,(H,12,13). The SMILES string of the molecule is CC=CC=NNC(=O)CCCCC. The van der Waals surface area contributed by atoms with E-state index < -0.39 is 0 Å². The summed E-state index contributed by atoms with van der Waals surface area (Å²) >= 11 is 0. The van der Waals surface area contributed by atoms with Crippen LogP contribution in [0.25, 0.3) is 0 Å². The van der Waals surface area contributed by atoms with Crippen molar-refractivity contribution >= 4 is 12.1 Å². The summed E-state index contributed by atoms with van der Waals surface area (Å²) in [4.78, 5) is 11.0. The van der Waals surface area contributed by atoms with E-state index in [0.29, 0.717) is 6.42 Å². The molecule has 0 spiro atoms. The summed E-state index contributed by atoms with van der Waals surface area (Å²) in [5, 5.41) is 3.73. The summed E-state index contributed by atoms with van der Waals surface area (Å²) in [6, 6.07) is 0. The lowest BCUT2D eigenvalue weighted by Gasteiger charge is -1.97. The van der Waals surface area contributed by atoms with E-state index in [9.17, 15) is 4.79 Å². The van der Waals surface area contributed by atoms with Gasteiger partial charge in [-0.1, -0.05) is 25.8 Å². The Bertz CT molecular complexity index is 185. The zero-order chi connectivity index (χ0) is 9.94. The molecule has 3 heteroatoms. The minimum Gasteiger partial charge on any atom is -0.273 e. The van der Waals surface area contributed by atoms with Crippen LogP contribution in [0.15, 0.2) is 17.3 Å². The van der Waals surface area contributed by atoms with Crippen LogP contribution in [0.3, 0.4) is 0 Å². The highest BCUT2D eigenvalue weighted by Gasteiger charge is 1.96. The Balaban J connectivity index is 3.40. The zero-order valence-corrected chi connectivity index (χ0v) is 8.42. The summed E-state index contributed by atoms with van der Waals surface area (Å²) < 4.78 is 0. The number of hydrogen-bond donors (Lipinski definition) is 1. The Kier molecular flexibility index (Phi) is 8.20. The van der Waals surface area contributed by atoms with Gasteiger partial charge in [-0.3, -0.25) is 4.79 Å². The first kappa shape index (κ1) is 11.9. The molecule has 74 valence electrons. The molecule has 0 saturated carbocycles. The van der Waals surface area contributed by atoms with E-state index in [1.807, 2.05) is 13.0 Å². The minimum atomic E-state index is -0.00537. The van der Waals surface area contributed by atoms with Gasteiger partial charge in [-0.05, 0) is 19.4 Å². The van der Waals surface area contributed by atoms with Crippen molar-refractivity contribution in [2.45, 2.75) is 39.5 Å². The fourth-order valence-electron chi connectivity index (χ4n) is 0.830. The molecule has 0 aliphatic carbocycles. The second-order valence-electron chi connectivity index (χ2n) is 2.80. The van der Waals surface area contributed by atoms with Crippen LogP contribution in [-0.4, -0.2) is 12.1 Å². The molecule has 0 aliphatic rings. The number of rotatable bonds is 6. The van der Waals surface area contributed by atoms with Crippen LogP contribution >= 0.6 is 0 Å². The molecule has 0 aromatic heterocycles. The van der Waals surface area contributed by atoms with Crippen LogP contribution in [-0.2, 0) is 4.79 Å². The third kappa shape index (κ3) is 8.79. The second kappa shape index (κ2) is 8.97. The normalized spacial score (nSPS) is 11.2. The average molecular weight is 182 g/mol.